The summed E-state index contributed by atoms with van der Waals surface area (Å²) in [5.41, 5.74) is -0.278. The number of carbonyl (C=O) groups is 1. The summed E-state index contributed by atoms with van der Waals surface area (Å²) in [6.07, 6.45) is -4.49. The van der Waals surface area contributed by atoms with Gasteiger partial charge in [-0.15, -0.1) is 0 Å². The lowest BCUT2D eigenvalue weighted by molar-refractivity contribution is -0.137. The second-order valence-corrected chi connectivity index (χ2v) is 5.92. The minimum absolute atomic E-state index is 0.143. The SMILES string of the molecule is COc1cc(NC(=O)CNc2ccc(C(F)(F)F)cc2Cl)cc(OC)c1OC. The number of amides is 1. The van der Waals surface area contributed by atoms with E-state index in [0.29, 0.717) is 22.9 Å². The van der Waals surface area contributed by atoms with Gasteiger partial charge in [-0.2, -0.15) is 13.2 Å². The van der Waals surface area contributed by atoms with Gasteiger partial charge in [-0.3, -0.25) is 4.79 Å². The maximum atomic E-state index is 12.7. The highest BCUT2D eigenvalue weighted by molar-refractivity contribution is 6.33. The van der Waals surface area contributed by atoms with E-state index in [1.54, 1.807) is 12.1 Å². The van der Waals surface area contributed by atoms with Gasteiger partial charge in [-0.05, 0) is 18.2 Å². The highest BCUT2D eigenvalue weighted by Crippen LogP contribution is 2.40. The lowest BCUT2D eigenvalue weighted by atomic mass is 10.2. The largest absolute Gasteiger partial charge is 0.493 e. The molecule has 2 aromatic carbocycles. The van der Waals surface area contributed by atoms with E-state index in [9.17, 15) is 18.0 Å². The van der Waals surface area contributed by atoms with Crippen LogP contribution in [0.5, 0.6) is 17.2 Å². The van der Waals surface area contributed by atoms with E-state index in [-0.39, 0.29) is 17.3 Å². The van der Waals surface area contributed by atoms with E-state index in [4.69, 9.17) is 25.8 Å². The van der Waals surface area contributed by atoms with Gasteiger partial charge in [0, 0.05) is 17.8 Å². The van der Waals surface area contributed by atoms with Gasteiger partial charge in [0.15, 0.2) is 11.5 Å². The Morgan fingerprint density at radius 3 is 2.11 bits per heavy atom. The van der Waals surface area contributed by atoms with Crippen LogP contribution in [0.4, 0.5) is 24.5 Å². The summed E-state index contributed by atoms with van der Waals surface area (Å²) in [6, 6.07) is 5.93. The first-order valence-electron chi connectivity index (χ1n) is 7.90. The molecule has 0 aliphatic carbocycles. The van der Waals surface area contributed by atoms with Gasteiger partial charge in [-0.1, -0.05) is 11.6 Å². The van der Waals surface area contributed by atoms with Crippen LogP contribution in [0, 0.1) is 0 Å². The Morgan fingerprint density at radius 2 is 1.64 bits per heavy atom. The fraction of sp³-hybridized carbons (Fsp3) is 0.278. The van der Waals surface area contributed by atoms with Gasteiger partial charge in [0.05, 0.1) is 44.1 Å². The number of rotatable bonds is 7. The Balaban J connectivity index is 2.07. The summed E-state index contributed by atoms with van der Waals surface area (Å²) in [5, 5.41) is 5.18. The molecular formula is C18H18ClF3N2O4. The van der Waals surface area contributed by atoms with Crippen molar-refractivity contribution in [3.63, 3.8) is 0 Å². The highest BCUT2D eigenvalue weighted by atomic mass is 35.5. The molecule has 28 heavy (non-hydrogen) atoms. The zero-order valence-corrected chi connectivity index (χ0v) is 16.0. The van der Waals surface area contributed by atoms with E-state index >= 15 is 0 Å². The number of carbonyl (C=O) groups excluding carboxylic acids is 1. The number of nitrogens with one attached hydrogen (secondary N) is 2. The minimum Gasteiger partial charge on any atom is -0.493 e. The van der Waals surface area contributed by atoms with Crippen molar-refractivity contribution in [2.24, 2.45) is 0 Å². The Bertz CT molecular complexity index is 834. The summed E-state index contributed by atoms with van der Waals surface area (Å²) in [4.78, 5) is 12.2. The van der Waals surface area contributed by atoms with Crippen molar-refractivity contribution in [2.75, 3.05) is 38.5 Å². The van der Waals surface area contributed by atoms with E-state index in [1.807, 2.05) is 0 Å². The highest BCUT2D eigenvalue weighted by Gasteiger charge is 2.30. The van der Waals surface area contributed by atoms with Gasteiger partial charge >= 0.3 is 6.18 Å². The molecule has 6 nitrogen and oxygen atoms in total. The fourth-order valence-corrected chi connectivity index (χ4v) is 2.62. The van der Waals surface area contributed by atoms with Gasteiger partial charge in [0.25, 0.3) is 0 Å². The molecular weight excluding hydrogens is 401 g/mol. The van der Waals surface area contributed by atoms with Gasteiger partial charge in [0.1, 0.15) is 0 Å². The number of hydrogen-bond acceptors (Lipinski definition) is 5. The van der Waals surface area contributed by atoms with Crippen LogP contribution in [0.3, 0.4) is 0 Å². The number of methoxy groups -OCH3 is 3. The molecule has 0 aliphatic heterocycles. The van der Waals surface area contributed by atoms with Crippen LogP contribution in [-0.2, 0) is 11.0 Å². The molecule has 0 atom stereocenters. The van der Waals surface area contributed by atoms with Crippen LogP contribution in [-0.4, -0.2) is 33.8 Å². The molecule has 0 bridgehead atoms. The summed E-state index contributed by atoms with van der Waals surface area (Å²) in [5.74, 6) is 0.634. The van der Waals surface area contributed by atoms with Crippen LogP contribution in [0.1, 0.15) is 5.56 Å². The number of hydrogen-bond donors (Lipinski definition) is 2. The Morgan fingerprint density at radius 1 is 1.04 bits per heavy atom. The third-order valence-corrected chi connectivity index (χ3v) is 4.00. The summed E-state index contributed by atoms with van der Waals surface area (Å²) >= 11 is 5.85. The quantitative estimate of drug-likeness (QED) is 0.696. The molecule has 2 rings (SSSR count). The summed E-state index contributed by atoms with van der Waals surface area (Å²) in [6.45, 7) is -0.220. The molecule has 0 unspecified atom stereocenters. The average Bonchev–Trinajstić information content (AvgIpc) is 2.65. The van der Waals surface area contributed by atoms with Gasteiger partial charge in [0.2, 0.25) is 11.7 Å². The maximum absolute atomic E-state index is 12.7. The Labute approximate surface area is 164 Å². The summed E-state index contributed by atoms with van der Waals surface area (Å²) < 4.78 is 53.6. The van der Waals surface area contributed by atoms with Crippen molar-refractivity contribution < 1.29 is 32.2 Å². The molecule has 0 aromatic heterocycles. The molecule has 2 N–H and O–H groups in total. The van der Waals surface area contributed by atoms with Crippen molar-refractivity contribution in [1.82, 2.24) is 0 Å². The van der Waals surface area contributed by atoms with E-state index in [0.717, 1.165) is 18.2 Å². The predicted octanol–water partition coefficient (Wildman–Crippen LogP) is 4.44. The lowest BCUT2D eigenvalue weighted by Gasteiger charge is -2.15. The van der Waals surface area contributed by atoms with Crippen molar-refractivity contribution in [1.29, 1.82) is 0 Å². The average molecular weight is 419 g/mol. The topological polar surface area (TPSA) is 68.8 Å². The standard InChI is InChI=1S/C18H18ClF3N2O4/c1-26-14-7-11(8-15(27-2)17(14)28-3)24-16(25)9-23-13-5-4-10(6-12(13)19)18(20,21)22/h4-8,23H,9H2,1-3H3,(H,24,25). The third kappa shape index (κ3) is 5.13. The normalized spacial score (nSPS) is 11.0. The van der Waals surface area contributed by atoms with Crippen LogP contribution >= 0.6 is 11.6 Å². The zero-order chi connectivity index (χ0) is 20.9. The summed E-state index contributed by atoms with van der Waals surface area (Å²) in [7, 11) is 4.34. The number of halogens is 4. The van der Waals surface area contributed by atoms with Crippen molar-refractivity contribution in [2.45, 2.75) is 6.18 Å². The first-order chi connectivity index (χ1) is 13.2. The van der Waals surface area contributed by atoms with Crippen LogP contribution in [0.15, 0.2) is 30.3 Å². The molecule has 0 saturated heterocycles. The monoisotopic (exact) mass is 418 g/mol. The minimum atomic E-state index is -4.49. The fourth-order valence-electron chi connectivity index (χ4n) is 2.37. The van der Waals surface area contributed by atoms with Crippen LogP contribution in [0.25, 0.3) is 0 Å². The van der Waals surface area contributed by atoms with E-state index in [2.05, 4.69) is 10.6 Å². The van der Waals surface area contributed by atoms with Gasteiger partial charge in [-0.25, -0.2) is 0 Å². The molecule has 0 heterocycles. The van der Waals surface area contributed by atoms with Crippen molar-refractivity contribution in [3.05, 3.63) is 40.9 Å². The number of alkyl halides is 3. The number of benzene rings is 2. The number of ether oxygens (including phenoxy) is 3. The Kier molecular flexibility index (Phi) is 6.85. The van der Waals surface area contributed by atoms with Crippen LogP contribution in [0.2, 0.25) is 5.02 Å². The molecule has 0 spiro atoms. The molecule has 10 heteroatoms. The van der Waals surface area contributed by atoms with Crippen LogP contribution < -0.4 is 24.8 Å². The molecule has 152 valence electrons. The maximum Gasteiger partial charge on any atom is 0.416 e. The molecule has 0 fully saturated rings. The Hall–Kier alpha value is -2.81. The van der Waals surface area contributed by atoms with Crippen molar-refractivity contribution in [3.8, 4) is 17.2 Å². The smallest absolute Gasteiger partial charge is 0.416 e. The molecule has 0 saturated carbocycles. The first-order valence-corrected chi connectivity index (χ1v) is 8.27. The lowest BCUT2D eigenvalue weighted by Crippen LogP contribution is -2.22. The first kappa shape index (κ1) is 21.5. The zero-order valence-electron chi connectivity index (χ0n) is 15.2. The molecule has 0 radical (unpaired) electrons. The molecule has 0 aliphatic rings. The number of anilines is 2. The van der Waals surface area contributed by atoms with Gasteiger partial charge < -0.3 is 24.8 Å². The van der Waals surface area contributed by atoms with E-state index < -0.39 is 17.6 Å². The molecule has 1 amide bonds. The third-order valence-electron chi connectivity index (χ3n) is 3.68. The predicted molar refractivity (Wildman–Crippen MR) is 99.7 cm³/mol. The molecule has 2 aromatic rings. The van der Waals surface area contributed by atoms with Crippen molar-refractivity contribution >= 4 is 28.9 Å². The second kappa shape index (κ2) is 8.92. The second-order valence-electron chi connectivity index (χ2n) is 5.51. The van der Waals surface area contributed by atoms with E-state index in [1.165, 1.54) is 21.3 Å².